The van der Waals surface area contributed by atoms with E-state index in [9.17, 15) is 0 Å². The molecule has 0 aliphatic heterocycles. The smallest absolute Gasteiger partial charge is 0.240 e. The van der Waals surface area contributed by atoms with Crippen molar-refractivity contribution in [3.63, 3.8) is 0 Å². The Morgan fingerprint density at radius 3 is 3.08 bits per heavy atom. The maximum atomic E-state index is 5.42. The fraction of sp³-hybridized carbons (Fsp3) is 0.143. The summed E-state index contributed by atoms with van der Waals surface area (Å²) in [5, 5.41) is 6.96. The summed E-state index contributed by atoms with van der Waals surface area (Å²) in [5.74, 6) is 0.295. The Morgan fingerprint density at radius 1 is 1.50 bits per heavy atom. The summed E-state index contributed by atoms with van der Waals surface area (Å²) in [6, 6.07) is 3.78. The van der Waals surface area contributed by atoms with Gasteiger partial charge in [-0.25, -0.2) is 4.52 Å². The zero-order valence-corrected chi connectivity index (χ0v) is 6.65. The Hall–Kier alpha value is -1.78. The van der Waals surface area contributed by atoms with Crippen LogP contribution >= 0.6 is 0 Å². The topological polar surface area (TPSA) is 68.2 Å². The molecule has 0 unspecified atom stereocenters. The van der Waals surface area contributed by atoms with Gasteiger partial charge in [-0.2, -0.15) is 4.98 Å². The van der Waals surface area contributed by atoms with Gasteiger partial charge in [0.25, 0.3) is 0 Å². The van der Waals surface area contributed by atoms with Gasteiger partial charge < -0.3 is 11.1 Å². The Bertz CT molecular complexity index is 405. The van der Waals surface area contributed by atoms with Gasteiger partial charge in [0.2, 0.25) is 5.95 Å². The molecule has 0 atom stereocenters. The highest BCUT2D eigenvalue weighted by Crippen LogP contribution is 2.08. The van der Waals surface area contributed by atoms with Crippen molar-refractivity contribution < 1.29 is 0 Å². The molecule has 12 heavy (non-hydrogen) atoms. The van der Waals surface area contributed by atoms with Gasteiger partial charge in [0, 0.05) is 7.05 Å². The number of hydrogen-bond donors (Lipinski definition) is 2. The standard InChI is InChI=1S/C7H9N5/c1-9-5-2-3-6-10-7(8)11-12(6)4-5/h2-4,9H,1H3,(H2,8,11). The lowest BCUT2D eigenvalue weighted by atomic mass is 10.4. The SMILES string of the molecule is CNc1ccc2nc(N)nn2c1. The summed E-state index contributed by atoms with van der Waals surface area (Å²) in [6.07, 6.45) is 1.83. The van der Waals surface area contributed by atoms with E-state index in [4.69, 9.17) is 5.73 Å². The highest BCUT2D eigenvalue weighted by Gasteiger charge is 1.98. The number of hydrogen-bond acceptors (Lipinski definition) is 4. The summed E-state index contributed by atoms with van der Waals surface area (Å²) in [4.78, 5) is 3.99. The van der Waals surface area contributed by atoms with E-state index in [-0.39, 0.29) is 0 Å². The van der Waals surface area contributed by atoms with E-state index in [1.807, 2.05) is 25.4 Å². The molecule has 0 radical (unpaired) electrons. The lowest BCUT2D eigenvalue weighted by Gasteiger charge is -1.97. The Balaban J connectivity index is 2.66. The number of aromatic nitrogens is 3. The molecule has 5 heteroatoms. The molecule has 0 bridgehead atoms. The number of nitrogens with one attached hydrogen (secondary N) is 1. The molecular weight excluding hydrogens is 154 g/mol. The zero-order valence-electron chi connectivity index (χ0n) is 6.65. The molecule has 0 amide bonds. The molecular formula is C7H9N5. The summed E-state index contributed by atoms with van der Waals surface area (Å²) >= 11 is 0. The Kier molecular flexibility index (Phi) is 1.36. The van der Waals surface area contributed by atoms with Crippen molar-refractivity contribution in [2.24, 2.45) is 0 Å². The molecule has 5 nitrogen and oxygen atoms in total. The van der Waals surface area contributed by atoms with E-state index >= 15 is 0 Å². The first-order chi connectivity index (χ1) is 5.79. The van der Waals surface area contributed by atoms with Crippen LogP contribution in [0.1, 0.15) is 0 Å². The first-order valence-corrected chi connectivity index (χ1v) is 3.59. The molecule has 0 aliphatic rings. The summed E-state index contributed by atoms with van der Waals surface area (Å²) in [5.41, 5.74) is 7.15. The van der Waals surface area contributed by atoms with E-state index in [0.29, 0.717) is 5.95 Å². The first kappa shape index (κ1) is 6.90. The van der Waals surface area contributed by atoms with Crippen molar-refractivity contribution in [2.45, 2.75) is 0 Å². The molecule has 0 saturated carbocycles. The number of nitrogens with two attached hydrogens (primary N) is 1. The van der Waals surface area contributed by atoms with Gasteiger partial charge >= 0.3 is 0 Å². The molecule has 0 spiro atoms. The average molecular weight is 163 g/mol. The van der Waals surface area contributed by atoms with Crippen LogP contribution in [0.2, 0.25) is 0 Å². The number of nitrogen functional groups attached to an aromatic ring is 1. The minimum atomic E-state index is 0.295. The monoisotopic (exact) mass is 163 g/mol. The predicted octanol–water partition coefficient (Wildman–Crippen LogP) is 0.353. The van der Waals surface area contributed by atoms with E-state index < -0.39 is 0 Å². The van der Waals surface area contributed by atoms with E-state index in [1.54, 1.807) is 4.52 Å². The second-order valence-electron chi connectivity index (χ2n) is 2.44. The van der Waals surface area contributed by atoms with Gasteiger partial charge in [-0.05, 0) is 12.1 Å². The van der Waals surface area contributed by atoms with Crippen LogP contribution < -0.4 is 11.1 Å². The summed E-state index contributed by atoms with van der Waals surface area (Å²) in [7, 11) is 1.85. The van der Waals surface area contributed by atoms with Gasteiger partial charge in [0.15, 0.2) is 5.65 Å². The Labute approximate surface area is 69.2 Å². The van der Waals surface area contributed by atoms with Crippen molar-refractivity contribution >= 4 is 17.3 Å². The largest absolute Gasteiger partial charge is 0.387 e. The minimum Gasteiger partial charge on any atom is -0.387 e. The predicted molar refractivity (Wildman–Crippen MR) is 46.9 cm³/mol. The van der Waals surface area contributed by atoms with Crippen molar-refractivity contribution in [3.05, 3.63) is 18.3 Å². The maximum absolute atomic E-state index is 5.42. The molecule has 3 N–H and O–H groups in total. The van der Waals surface area contributed by atoms with Crippen LogP contribution in [0.4, 0.5) is 11.6 Å². The van der Waals surface area contributed by atoms with Gasteiger partial charge in [-0.15, -0.1) is 5.10 Å². The lowest BCUT2D eigenvalue weighted by Crippen LogP contribution is -1.93. The van der Waals surface area contributed by atoms with Crippen LogP contribution in [-0.2, 0) is 0 Å². The van der Waals surface area contributed by atoms with Crippen LogP contribution in [0, 0.1) is 0 Å². The lowest BCUT2D eigenvalue weighted by molar-refractivity contribution is 0.968. The van der Waals surface area contributed by atoms with Crippen molar-refractivity contribution in [2.75, 3.05) is 18.1 Å². The number of rotatable bonds is 1. The first-order valence-electron chi connectivity index (χ1n) is 3.59. The van der Waals surface area contributed by atoms with E-state index in [1.165, 1.54) is 0 Å². The van der Waals surface area contributed by atoms with E-state index in [2.05, 4.69) is 15.4 Å². The van der Waals surface area contributed by atoms with Crippen LogP contribution in [0.3, 0.4) is 0 Å². The fourth-order valence-electron chi connectivity index (χ4n) is 1.05. The molecule has 0 aromatic carbocycles. The number of nitrogens with zero attached hydrogens (tertiary/aromatic N) is 3. The third-order valence-electron chi connectivity index (χ3n) is 1.64. The van der Waals surface area contributed by atoms with Crippen LogP contribution in [0.15, 0.2) is 18.3 Å². The van der Waals surface area contributed by atoms with Crippen molar-refractivity contribution in [3.8, 4) is 0 Å². The number of anilines is 2. The fourth-order valence-corrected chi connectivity index (χ4v) is 1.05. The van der Waals surface area contributed by atoms with Crippen molar-refractivity contribution in [1.82, 2.24) is 14.6 Å². The highest BCUT2D eigenvalue weighted by molar-refractivity contribution is 5.50. The molecule has 2 rings (SSSR count). The number of pyridine rings is 1. The van der Waals surface area contributed by atoms with Gasteiger partial charge in [-0.1, -0.05) is 0 Å². The number of fused-ring (bicyclic) bond motifs is 1. The second-order valence-corrected chi connectivity index (χ2v) is 2.44. The van der Waals surface area contributed by atoms with E-state index in [0.717, 1.165) is 11.3 Å². The molecule has 0 saturated heterocycles. The zero-order chi connectivity index (χ0) is 8.55. The quantitative estimate of drug-likeness (QED) is 0.636. The molecule has 0 fully saturated rings. The van der Waals surface area contributed by atoms with Crippen LogP contribution in [0.5, 0.6) is 0 Å². The van der Waals surface area contributed by atoms with Crippen molar-refractivity contribution in [1.29, 1.82) is 0 Å². The molecule has 0 aliphatic carbocycles. The summed E-state index contributed by atoms with van der Waals surface area (Å²) in [6.45, 7) is 0. The summed E-state index contributed by atoms with van der Waals surface area (Å²) < 4.78 is 1.64. The average Bonchev–Trinajstić information content (AvgIpc) is 2.43. The highest BCUT2D eigenvalue weighted by atomic mass is 15.3. The third kappa shape index (κ3) is 0.952. The second kappa shape index (κ2) is 2.37. The maximum Gasteiger partial charge on any atom is 0.240 e. The third-order valence-corrected chi connectivity index (χ3v) is 1.64. The molecule has 2 heterocycles. The van der Waals surface area contributed by atoms with Gasteiger partial charge in [0.1, 0.15) is 0 Å². The van der Waals surface area contributed by atoms with Crippen LogP contribution in [-0.4, -0.2) is 21.6 Å². The molecule has 62 valence electrons. The van der Waals surface area contributed by atoms with Gasteiger partial charge in [0.05, 0.1) is 11.9 Å². The minimum absolute atomic E-state index is 0.295. The molecule has 2 aromatic heterocycles. The molecule has 2 aromatic rings. The normalized spacial score (nSPS) is 10.4. The van der Waals surface area contributed by atoms with Gasteiger partial charge in [-0.3, -0.25) is 0 Å². The Morgan fingerprint density at radius 2 is 2.33 bits per heavy atom. The van der Waals surface area contributed by atoms with Crippen LogP contribution in [0.25, 0.3) is 5.65 Å².